The number of anilines is 2. The zero-order chi connectivity index (χ0) is 19.0. The van der Waals surface area contributed by atoms with Crippen LogP contribution in [-0.2, 0) is 9.59 Å². The fraction of sp³-hybridized carbons (Fsp3) is 0.211. The van der Waals surface area contributed by atoms with Gasteiger partial charge in [0.25, 0.3) is 11.8 Å². The predicted molar refractivity (Wildman–Crippen MR) is 95.6 cm³/mol. The van der Waals surface area contributed by atoms with Crippen molar-refractivity contribution in [2.24, 2.45) is 0 Å². The quantitative estimate of drug-likeness (QED) is 0.664. The molecular formula is C19H16FN3O4. The molecule has 2 aliphatic heterocycles. The van der Waals surface area contributed by atoms with Crippen LogP contribution in [0.1, 0.15) is 18.6 Å². The Morgan fingerprint density at radius 1 is 1.04 bits per heavy atom. The van der Waals surface area contributed by atoms with Crippen LogP contribution in [0.25, 0.3) is 6.08 Å². The monoisotopic (exact) mass is 369 g/mol. The minimum Gasteiger partial charge on any atom is -0.441 e. The van der Waals surface area contributed by atoms with E-state index in [1.54, 1.807) is 12.1 Å². The van der Waals surface area contributed by atoms with E-state index >= 15 is 0 Å². The van der Waals surface area contributed by atoms with Gasteiger partial charge in [-0.05, 0) is 37.1 Å². The molecule has 0 radical (unpaired) electrons. The Morgan fingerprint density at radius 2 is 1.78 bits per heavy atom. The van der Waals surface area contributed by atoms with Gasteiger partial charge in [-0.3, -0.25) is 14.9 Å². The van der Waals surface area contributed by atoms with Crippen LogP contribution in [0.5, 0.6) is 0 Å². The summed E-state index contributed by atoms with van der Waals surface area (Å²) in [6.45, 7) is 1.77. The first-order valence-electron chi connectivity index (χ1n) is 8.55. The molecule has 1 aromatic heterocycles. The molecule has 0 unspecified atom stereocenters. The van der Waals surface area contributed by atoms with Crippen LogP contribution >= 0.6 is 0 Å². The number of hydrogen-bond acceptors (Lipinski definition) is 5. The fourth-order valence-electron chi connectivity index (χ4n) is 3.18. The highest BCUT2D eigenvalue weighted by molar-refractivity contribution is 6.39. The highest BCUT2D eigenvalue weighted by Gasteiger charge is 2.38. The number of hydrogen-bond donors (Lipinski definition) is 1. The minimum absolute atomic E-state index is 0.226. The van der Waals surface area contributed by atoms with Crippen molar-refractivity contribution in [1.82, 2.24) is 5.32 Å². The van der Waals surface area contributed by atoms with Gasteiger partial charge < -0.3 is 9.32 Å². The summed E-state index contributed by atoms with van der Waals surface area (Å²) >= 11 is 0. The van der Waals surface area contributed by atoms with E-state index < -0.39 is 23.7 Å². The molecule has 0 spiro atoms. The lowest BCUT2D eigenvalue weighted by Crippen LogP contribution is -2.54. The number of rotatable bonds is 3. The Morgan fingerprint density at radius 3 is 2.52 bits per heavy atom. The van der Waals surface area contributed by atoms with Crippen molar-refractivity contribution in [2.45, 2.75) is 12.8 Å². The van der Waals surface area contributed by atoms with Gasteiger partial charge in [-0.25, -0.2) is 14.1 Å². The number of halogens is 1. The number of furan rings is 1. The molecule has 2 fully saturated rings. The first kappa shape index (κ1) is 17.0. The van der Waals surface area contributed by atoms with Gasteiger partial charge in [0.1, 0.15) is 17.2 Å². The third kappa shape index (κ3) is 3.10. The molecule has 0 bridgehead atoms. The summed E-state index contributed by atoms with van der Waals surface area (Å²) < 4.78 is 19.7. The van der Waals surface area contributed by atoms with Crippen LogP contribution in [0.15, 0.2) is 46.4 Å². The zero-order valence-electron chi connectivity index (χ0n) is 14.3. The molecule has 2 aromatic rings. The molecule has 27 heavy (non-hydrogen) atoms. The van der Waals surface area contributed by atoms with Crippen molar-refractivity contribution in [3.63, 3.8) is 0 Å². The third-order valence-electron chi connectivity index (χ3n) is 4.51. The van der Waals surface area contributed by atoms with Crippen LogP contribution in [0.2, 0.25) is 0 Å². The van der Waals surface area contributed by atoms with Crippen LogP contribution in [-0.4, -0.2) is 30.9 Å². The molecule has 4 rings (SSSR count). The Labute approximate surface area is 154 Å². The van der Waals surface area contributed by atoms with E-state index in [0.717, 1.165) is 32.0 Å². The Kier molecular flexibility index (Phi) is 4.23. The molecule has 0 aliphatic carbocycles. The van der Waals surface area contributed by atoms with E-state index in [4.69, 9.17) is 4.42 Å². The van der Waals surface area contributed by atoms with E-state index in [-0.39, 0.29) is 11.3 Å². The topological polar surface area (TPSA) is 82.9 Å². The Balaban J connectivity index is 1.66. The smallest absolute Gasteiger partial charge is 0.336 e. The Hall–Kier alpha value is -3.42. The Bertz CT molecular complexity index is 959. The van der Waals surface area contributed by atoms with Gasteiger partial charge in [-0.1, -0.05) is 12.1 Å². The van der Waals surface area contributed by atoms with E-state index in [1.165, 1.54) is 24.3 Å². The number of barbiturate groups is 1. The van der Waals surface area contributed by atoms with Gasteiger partial charge in [0.15, 0.2) is 5.88 Å². The van der Waals surface area contributed by atoms with Crippen LogP contribution < -0.4 is 15.1 Å². The van der Waals surface area contributed by atoms with Crippen LogP contribution in [0.4, 0.5) is 20.8 Å². The molecule has 1 aromatic carbocycles. The van der Waals surface area contributed by atoms with Crippen LogP contribution in [0.3, 0.4) is 0 Å². The van der Waals surface area contributed by atoms with E-state index in [2.05, 4.69) is 10.2 Å². The number of nitrogens with one attached hydrogen (secondary N) is 1. The SMILES string of the molecule is O=C1NC(=O)N(c2ccccc2F)C(=O)/C1=C\c1ccc(N2CCCC2)o1. The summed E-state index contributed by atoms with van der Waals surface area (Å²) in [5.41, 5.74) is -0.532. The molecule has 2 aliphatic rings. The fourth-order valence-corrected chi connectivity index (χ4v) is 3.18. The van der Waals surface area contributed by atoms with Gasteiger partial charge in [-0.2, -0.15) is 0 Å². The second-order valence-electron chi connectivity index (χ2n) is 6.28. The molecular weight excluding hydrogens is 353 g/mol. The molecule has 2 saturated heterocycles. The number of carbonyl (C=O) groups is 3. The van der Waals surface area contributed by atoms with Crippen LogP contribution in [0, 0.1) is 5.82 Å². The maximum Gasteiger partial charge on any atom is 0.336 e. The van der Waals surface area contributed by atoms with E-state index in [0.29, 0.717) is 16.5 Å². The lowest BCUT2D eigenvalue weighted by molar-refractivity contribution is -0.122. The molecule has 7 nitrogen and oxygen atoms in total. The molecule has 138 valence electrons. The normalized spacial score (nSPS) is 19.1. The minimum atomic E-state index is -0.996. The number of para-hydroxylation sites is 1. The first-order valence-corrected chi connectivity index (χ1v) is 8.55. The summed E-state index contributed by atoms with van der Waals surface area (Å²) in [5, 5.41) is 2.06. The average Bonchev–Trinajstić information content (AvgIpc) is 3.31. The van der Waals surface area contributed by atoms with Gasteiger partial charge in [0, 0.05) is 19.2 Å². The first-order chi connectivity index (χ1) is 13.0. The van der Waals surface area contributed by atoms with Crippen molar-refractivity contribution in [3.8, 4) is 0 Å². The van der Waals surface area contributed by atoms with Crippen molar-refractivity contribution >= 4 is 35.5 Å². The highest BCUT2D eigenvalue weighted by atomic mass is 19.1. The summed E-state index contributed by atoms with van der Waals surface area (Å²) in [4.78, 5) is 39.6. The molecule has 0 saturated carbocycles. The number of nitrogens with zero attached hydrogens (tertiary/aromatic N) is 2. The maximum absolute atomic E-state index is 14.0. The molecule has 1 N–H and O–H groups in total. The summed E-state index contributed by atoms with van der Waals surface area (Å²) in [7, 11) is 0. The largest absolute Gasteiger partial charge is 0.441 e. The lowest BCUT2D eigenvalue weighted by Gasteiger charge is -2.26. The van der Waals surface area contributed by atoms with Gasteiger partial charge in [0.2, 0.25) is 0 Å². The van der Waals surface area contributed by atoms with Crippen molar-refractivity contribution in [2.75, 3.05) is 22.9 Å². The van der Waals surface area contributed by atoms with E-state index in [9.17, 15) is 18.8 Å². The second-order valence-corrected chi connectivity index (χ2v) is 6.28. The third-order valence-corrected chi connectivity index (χ3v) is 4.51. The van der Waals surface area contributed by atoms with Crippen molar-refractivity contribution in [1.29, 1.82) is 0 Å². The number of imide groups is 2. The lowest BCUT2D eigenvalue weighted by atomic mass is 10.1. The maximum atomic E-state index is 14.0. The predicted octanol–water partition coefficient (Wildman–Crippen LogP) is 2.69. The summed E-state index contributed by atoms with van der Waals surface area (Å²) in [5.74, 6) is -1.54. The number of carbonyl (C=O) groups excluding carboxylic acids is 3. The molecule has 3 heterocycles. The number of benzene rings is 1. The van der Waals surface area contributed by atoms with Crippen molar-refractivity contribution in [3.05, 3.63) is 53.5 Å². The van der Waals surface area contributed by atoms with Crippen molar-refractivity contribution < 1.29 is 23.2 Å². The zero-order valence-corrected chi connectivity index (χ0v) is 14.3. The number of urea groups is 1. The highest BCUT2D eigenvalue weighted by Crippen LogP contribution is 2.27. The van der Waals surface area contributed by atoms with Gasteiger partial charge in [0.05, 0.1) is 5.69 Å². The van der Waals surface area contributed by atoms with E-state index in [1.807, 2.05) is 0 Å². The molecule has 8 heteroatoms. The second kappa shape index (κ2) is 6.71. The molecule has 4 amide bonds. The summed E-state index contributed by atoms with van der Waals surface area (Å²) in [6, 6.07) is 7.77. The summed E-state index contributed by atoms with van der Waals surface area (Å²) in [6.07, 6.45) is 3.42. The standard InChI is InChI=1S/C19H16FN3O4/c20-14-5-1-2-6-15(14)23-18(25)13(17(24)21-19(23)26)11-12-7-8-16(27-12)22-9-3-4-10-22/h1-2,5-8,11H,3-4,9-10H2,(H,21,24,26)/b13-11-. The number of amides is 4. The average molecular weight is 369 g/mol. The van der Waals surface area contributed by atoms with Gasteiger partial charge in [-0.15, -0.1) is 0 Å². The molecule has 0 atom stereocenters. The van der Waals surface area contributed by atoms with Gasteiger partial charge >= 0.3 is 6.03 Å².